The summed E-state index contributed by atoms with van der Waals surface area (Å²) >= 11 is 0. The first-order valence-electron chi connectivity index (χ1n) is 8.22. The second kappa shape index (κ2) is 5.63. The molecule has 6 nitrogen and oxygen atoms in total. The predicted molar refractivity (Wildman–Crippen MR) is 102 cm³/mol. The molecular weight excluding hydrogens is 324 g/mol. The number of imidazole rings is 1. The van der Waals surface area contributed by atoms with Crippen molar-refractivity contribution in [3.63, 3.8) is 0 Å². The van der Waals surface area contributed by atoms with Gasteiger partial charge in [0.05, 0.1) is 11.2 Å². The molecule has 5 rings (SSSR count). The normalized spacial score (nSPS) is 11.2. The highest BCUT2D eigenvalue weighted by Crippen LogP contribution is 2.27. The predicted octanol–water partition coefficient (Wildman–Crippen LogP) is 3.61. The largest absolute Gasteiger partial charge is 0.368 e. The van der Waals surface area contributed by atoms with E-state index < -0.39 is 0 Å². The van der Waals surface area contributed by atoms with E-state index in [1.165, 1.54) is 0 Å². The maximum atomic E-state index is 5.99. The van der Waals surface area contributed by atoms with Crippen molar-refractivity contribution < 1.29 is 0 Å². The summed E-state index contributed by atoms with van der Waals surface area (Å²) in [4.78, 5) is 18.1. The minimum Gasteiger partial charge on any atom is -0.368 e. The molecule has 2 aromatic carbocycles. The van der Waals surface area contributed by atoms with E-state index in [0.717, 1.165) is 22.3 Å². The number of fused-ring (bicyclic) bond motifs is 2. The molecular formula is C20H14N6. The van der Waals surface area contributed by atoms with Crippen molar-refractivity contribution in [1.29, 1.82) is 0 Å². The lowest BCUT2D eigenvalue weighted by Gasteiger charge is -2.06. The molecule has 6 heteroatoms. The molecule has 0 fully saturated rings. The van der Waals surface area contributed by atoms with Crippen molar-refractivity contribution >= 4 is 28.0 Å². The van der Waals surface area contributed by atoms with E-state index in [1.807, 2.05) is 71.3 Å². The molecule has 5 aromatic rings. The Labute approximate surface area is 149 Å². The van der Waals surface area contributed by atoms with Crippen molar-refractivity contribution in [2.24, 2.45) is 0 Å². The second-order valence-electron chi connectivity index (χ2n) is 5.94. The third-order valence-corrected chi connectivity index (χ3v) is 4.29. The molecule has 0 amide bonds. The van der Waals surface area contributed by atoms with Crippen LogP contribution in [0.2, 0.25) is 0 Å². The highest BCUT2D eigenvalue weighted by molar-refractivity contribution is 5.90. The molecule has 124 valence electrons. The van der Waals surface area contributed by atoms with E-state index in [4.69, 9.17) is 10.7 Å². The Morgan fingerprint density at radius 2 is 1.58 bits per heavy atom. The van der Waals surface area contributed by atoms with Crippen LogP contribution in [-0.2, 0) is 0 Å². The van der Waals surface area contributed by atoms with Crippen LogP contribution in [0.5, 0.6) is 0 Å². The van der Waals surface area contributed by atoms with Gasteiger partial charge in [0.1, 0.15) is 17.5 Å². The summed E-state index contributed by atoms with van der Waals surface area (Å²) < 4.78 is 1.90. The van der Waals surface area contributed by atoms with Crippen LogP contribution in [-0.4, -0.2) is 24.5 Å². The Balaban J connectivity index is 1.76. The molecule has 0 saturated heterocycles. The van der Waals surface area contributed by atoms with Crippen molar-refractivity contribution in [3.8, 4) is 17.1 Å². The molecule has 26 heavy (non-hydrogen) atoms. The first-order chi connectivity index (χ1) is 12.8. The Morgan fingerprint density at radius 1 is 0.769 bits per heavy atom. The molecule has 0 radical (unpaired) electrons. The second-order valence-corrected chi connectivity index (χ2v) is 5.94. The zero-order valence-corrected chi connectivity index (χ0v) is 13.7. The van der Waals surface area contributed by atoms with Gasteiger partial charge < -0.3 is 5.73 Å². The number of pyridine rings is 1. The third-order valence-electron chi connectivity index (χ3n) is 4.29. The smallest absolute Gasteiger partial charge is 0.222 e. The van der Waals surface area contributed by atoms with Gasteiger partial charge in [0, 0.05) is 11.1 Å². The number of nitrogen functional groups attached to an aromatic ring is 1. The molecule has 3 aromatic heterocycles. The van der Waals surface area contributed by atoms with Crippen molar-refractivity contribution in [3.05, 3.63) is 73.1 Å². The van der Waals surface area contributed by atoms with E-state index in [0.29, 0.717) is 16.9 Å². The maximum Gasteiger partial charge on any atom is 0.222 e. The zero-order chi connectivity index (χ0) is 17.5. The number of benzene rings is 2. The number of nitrogens with two attached hydrogens (primary N) is 1. The van der Waals surface area contributed by atoms with E-state index >= 15 is 0 Å². The molecule has 0 aliphatic heterocycles. The summed E-state index contributed by atoms with van der Waals surface area (Å²) in [5.41, 5.74) is 10.5. The van der Waals surface area contributed by atoms with Crippen LogP contribution in [0.4, 0.5) is 5.95 Å². The van der Waals surface area contributed by atoms with Crippen LogP contribution >= 0.6 is 0 Å². The number of nitrogens with zero attached hydrogens (tertiary/aromatic N) is 5. The van der Waals surface area contributed by atoms with Gasteiger partial charge in [-0.15, -0.1) is 0 Å². The summed E-state index contributed by atoms with van der Waals surface area (Å²) in [7, 11) is 0. The highest BCUT2D eigenvalue weighted by Gasteiger charge is 2.16. The average molecular weight is 338 g/mol. The monoisotopic (exact) mass is 338 g/mol. The van der Waals surface area contributed by atoms with E-state index in [1.54, 1.807) is 6.33 Å². The lowest BCUT2D eigenvalue weighted by molar-refractivity contribution is 1.06. The molecule has 0 aliphatic carbocycles. The molecule has 2 N–H and O–H groups in total. The van der Waals surface area contributed by atoms with Crippen LogP contribution in [0.1, 0.15) is 0 Å². The number of hydrogen-bond donors (Lipinski definition) is 1. The first-order valence-corrected chi connectivity index (χ1v) is 8.22. The highest BCUT2D eigenvalue weighted by atomic mass is 15.2. The molecule has 0 unspecified atom stereocenters. The fraction of sp³-hybridized carbons (Fsp3) is 0. The SMILES string of the molecule is Nc1nc(-c2ccc3ccccc3n2)c2ncn(-c3ccccc3)c2n1. The van der Waals surface area contributed by atoms with Crippen molar-refractivity contribution in [2.75, 3.05) is 5.73 Å². The van der Waals surface area contributed by atoms with Crippen LogP contribution in [0, 0.1) is 0 Å². The van der Waals surface area contributed by atoms with Crippen LogP contribution < -0.4 is 5.73 Å². The summed E-state index contributed by atoms with van der Waals surface area (Å²) in [6.45, 7) is 0. The zero-order valence-electron chi connectivity index (χ0n) is 13.7. The molecule has 0 saturated carbocycles. The van der Waals surface area contributed by atoms with Crippen LogP contribution in [0.3, 0.4) is 0 Å². The summed E-state index contributed by atoms with van der Waals surface area (Å²) in [6.07, 6.45) is 1.73. The van der Waals surface area contributed by atoms with Crippen LogP contribution in [0.15, 0.2) is 73.1 Å². The lowest BCUT2D eigenvalue weighted by atomic mass is 10.1. The fourth-order valence-electron chi connectivity index (χ4n) is 3.07. The van der Waals surface area contributed by atoms with Crippen LogP contribution in [0.25, 0.3) is 39.1 Å². The van der Waals surface area contributed by atoms with E-state index in [-0.39, 0.29) is 5.95 Å². The minimum absolute atomic E-state index is 0.195. The summed E-state index contributed by atoms with van der Waals surface area (Å²) in [6, 6.07) is 21.8. The van der Waals surface area contributed by atoms with E-state index in [9.17, 15) is 0 Å². The number of para-hydroxylation sites is 2. The molecule has 0 aliphatic rings. The Kier molecular flexibility index (Phi) is 3.15. The maximum absolute atomic E-state index is 5.99. The first kappa shape index (κ1) is 14.5. The van der Waals surface area contributed by atoms with Gasteiger partial charge in [0.15, 0.2) is 5.65 Å². The Morgan fingerprint density at radius 3 is 2.46 bits per heavy atom. The number of rotatable bonds is 2. The van der Waals surface area contributed by atoms with Gasteiger partial charge in [0.2, 0.25) is 5.95 Å². The lowest BCUT2D eigenvalue weighted by Crippen LogP contribution is -2.01. The van der Waals surface area contributed by atoms with Crippen molar-refractivity contribution in [2.45, 2.75) is 0 Å². The van der Waals surface area contributed by atoms with E-state index in [2.05, 4.69) is 15.0 Å². The third kappa shape index (κ3) is 2.28. The number of hydrogen-bond acceptors (Lipinski definition) is 5. The van der Waals surface area contributed by atoms with Gasteiger partial charge >= 0.3 is 0 Å². The van der Waals surface area contributed by atoms with Gasteiger partial charge in [-0.25, -0.2) is 15.0 Å². The van der Waals surface area contributed by atoms with Gasteiger partial charge in [-0.2, -0.15) is 4.98 Å². The van der Waals surface area contributed by atoms with Crippen molar-refractivity contribution in [1.82, 2.24) is 24.5 Å². The standard InChI is InChI=1S/C20H14N6/c21-20-24-17(16-11-10-13-6-4-5-9-15(13)23-16)18-19(25-20)26(12-22-18)14-7-2-1-3-8-14/h1-12H,(H2,21,24,25). The minimum atomic E-state index is 0.195. The molecule has 0 spiro atoms. The Hall–Kier alpha value is -3.80. The average Bonchev–Trinajstić information content (AvgIpc) is 3.11. The van der Waals surface area contributed by atoms with Gasteiger partial charge in [-0.1, -0.05) is 42.5 Å². The number of aromatic nitrogens is 5. The topological polar surface area (TPSA) is 82.5 Å². The van der Waals surface area contributed by atoms with Gasteiger partial charge in [0.25, 0.3) is 0 Å². The number of anilines is 1. The van der Waals surface area contributed by atoms with Gasteiger partial charge in [-0.05, 0) is 24.3 Å². The quantitative estimate of drug-likeness (QED) is 0.531. The molecule has 0 bridgehead atoms. The Bertz CT molecular complexity index is 1240. The summed E-state index contributed by atoms with van der Waals surface area (Å²) in [5.74, 6) is 0.195. The molecule has 3 heterocycles. The summed E-state index contributed by atoms with van der Waals surface area (Å²) in [5, 5.41) is 1.07. The van der Waals surface area contributed by atoms with Gasteiger partial charge in [-0.3, -0.25) is 4.57 Å². The molecule has 0 atom stereocenters. The fourth-order valence-corrected chi connectivity index (χ4v) is 3.07.